The van der Waals surface area contributed by atoms with E-state index in [0.29, 0.717) is 17.2 Å². The van der Waals surface area contributed by atoms with Gasteiger partial charge in [-0.3, -0.25) is 0 Å². The van der Waals surface area contributed by atoms with Gasteiger partial charge in [-0.15, -0.1) is 0 Å². The minimum Gasteiger partial charge on any atom is -0.439 e. The summed E-state index contributed by atoms with van der Waals surface area (Å²) in [5.41, 5.74) is 0.686. The molecule has 1 heterocycles. The molecule has 2 rings (SSSR count). The fraction of sp³-hybridized carbons (Fsp3) is 0.154. The topological polar surface area (TPSA) is 42.4 Å². The SMILES string of the molecule is C[C@H](O)c1cccnc1Oc1ccccc1. The first kappa shape index (κ1) is 10.6. The Balaban J connectivity index is 2.28. The molecule has 0 saturated heterocycles. The van der Waals surface area contributed by atoms with E-state index in [1.54, 1.807) is 25.3 Å². The van der Waals surface area contributed by atoms with Crippen molar-refractivity contribution < 1.29 is 9.84 Å². The molecule has 82 valence electrons. The Morgan fingerprint density at radius 2 is 1.88 bits per heavy atom. The van der Waals surface area contributed by atoms with Crippen molar-refractivity contribution in [3.8, 4) is 11.6 Å². The first-order valence-corrected chi connectivity index (χ1v) is 5.13. The highest BCUT2D eigenvalue weighted by atomic mass is 16.5. The van der Waals surface area contributed by atoms with E-state index in [1.807, 2.05) is 30.3 Å². The normalized spacial score (nSPS) is 12.1. The van der Waals surface area contributed by atoms with Crippen LogP contribution in [-0.4, -0.2) is 10.1 Å². The highest BCUT2D eigenvalue weighted by Crippen LogP contribution is 2.26. The summed E-state index contributed by atoms with van der Waals surface area (Å²) in [6.07, 6.45) is 1.05. The summed E-state index contributed by atoms with van der Waals surface area (Å²) in [7, 11) is 0. The molecule has 1 aromatic heterocycles. The predicted octanol–water partition coefficient (Wildman–Crippen LogP) is 2.93. The van der Waals surface area contributed by atoms with Gasteiger partial charge < -0.3 is 9.84 Å². The maximum atomic E-state index is 9.56. The van der Waals surface area contributed by atoms with Gasteiger partial charge in [-0.25, -0.2) is 4.98 Å². The summed E-state index contributed by atoms with van der Waals surface area (Å²) in [6.45, 7) is 1.69. The number of ether oxygens (including phenoxy) is 1. The second-order valence-electron chi connectivity index (χ2n) is 3.49. The van der Waals surface area contributed by atoms with Gasteiger partial charge in [0.15, 0.2) is 0 Å². The summed E-state index contributed by atoms with van der Waals surface area (Å²) in [5, 5.41) is 9.56. The molecule has 1 N–H and O–H groups in total. The molecule has 3 nitrogen and oxygen atoms in total. The summed E-state index contributed by atoms with van der Waals surface area (Å²) in [5.74, 6) is 1.16. The van der Waals surface area contributed by atoms with Gasteiger partial charge in [0.2, 0.25) is 5.88 Å². The van der Waals surface area contributed by atoms with Crippen molar-refractivity contribution in [3.63, 3.8) is 0 Å². The number of aliphatic hydroxyl groups excluding tert-OH is 1. The van der Waals surface area contributed by atoms with E-state index in [0.717, 1.165) is 0 Å². The molecule has 1 atom stereocenters. The fourth-order valence-corrected chi connectivity index (χ4v) is 1.41. The molecule has 0 amide bonds. The Hall–Kier alpha value is -1.87. The van der Waals surface area contributed by atoms with Crippen LogP contribution in [0.25, 0.3) is 0 Å². The fourth-order valence-electron chi connectivity index (χ4n) is 1.41. The molecule has 3 heteroatoms. The third kappa shape index (κ3) is 2.38. The Morgan fingerprint density at radius 1 is 1.12 bits per heavy atom. The van der Waals surface area contributed by atoms with E-state index in [1.165, 1.54) is 0 Å². The van der Waals surface area contributed by atoms with Crippen molar-refractivity contribution in [1.82, 2.24) is 4.98 Å². The number of aliphatic hydroxyl groups is 1. The molecule has 0 radical (unpaired) electrons. The summed E-state index contributed by atoms with van der Waals surface area (Å²) < 4.78 is 5.60. The number of para-hydroxylation sites is 1. The lowest BCUT2D eigenvalue weighted by molar-refractivity contribution is 0.194. The third-order valence-corrected chi connectivity index (χ3v) is 2.21. The van der Waals surface area contributed by atoms with E-state index in [9.17, 15) is 5.11 Å². The highest BCUT2D eigenvalue weighted by Gasteiger charge is 2.10. The lowest BCUT2D eigenvalue weighted by Crippen LogP contribution is -1.97. The van der Waals surface area contributed by atoms with Crippen molar-refractivity contribution in [1.29, 1.82) is 0 Å². The Kier molecular flexibility index (Phi) is 3.17. The molecular weight excluding hydrogens is 202 g/mol. The largest absolute Gasteiger partial charge is 0.439 e. The quantitative estimate of drug-likeness (QED) is 0.855. The number of benzene rings is 1. The van der Waals surface area contributed by atoms with Crippen molar-refractivity contribution in [3.05, 3.63) is 54.2 Å². The molecule has 0 aliphatic heterocycles. The molecular formula is C13H13NO2. The second-order valence-corrected chi connectivity index (χ2v) is 3.49. The minimum atomic E-state index is -0.590. The molecule has 1 aromatic carbocycles. The lowest BCUT2D eigenvalue weighted by Gasteiger charge is -2.11. The van der Waals surface area contributed by atoms with Gasteiger partial charge in [-0.05, 0) is 31.2 Å². The zero-order valence-electron chi connectivity index (χ0n) is 9.00. The molecule has 0 bridgehead atoms. The van der Waals surface area contributed by atoms with Crippen molar-refractivity contribution >= 4 is 0 Å². The van der Waals surface area contributed by atoms with Gasteiger partial charge in [0.25, 0.3) is 0 Å². The first-order valence-electron chi connectivity index (χ1n) is 5.13. The maximum absolute atomic E-state index is 9.56. The monoisotopic (exact) mass is 215 g/mol. The number of aromatic nitrogens is 1. The van der Waals surface area contributed by atoms with E-state index in [4.69, 9.17) is 4.74 Å². The second kappa shape index (κ2) is 4.77. The highest BCUT2D eigenvalue weighted by molar-refractivity contribution is 5.33. The average Bonchev–Trinajstić information content (AvgIpc) is 2.31. The number of nitrogens with zero attached hydrogens (tertiary/aromatic N) is 1. The van der Waals surface area contributed by atoms with Crippen LogP contribution in [0.5, 0.6) is 11.6 Å². The zero-order chi connectivity index (χ0) is 11.4. The van der Waals surface area contributed by atoms with Gasteiger partial charge in [0, 0.05) is 11.8 Å². The molecule has 0 fully saturated rings. The van der Waals surface area contributed by atoms with Crippen LogP contribution in [-0.2, 0) is 0 Å². The Labute approximate surface area is 94.3 Å². The third-order valence-electron chi connectivity index (χ3n) is 2.21. The molecule has 16 heavy (non-hydrogen) atoms. The zero-order valence-corrected chi connectivity index (χ0v) is 9.00. The van der Waals surface area contributed by atoms with E-state index >= 15 is 0 Å². The number of pyridine rings is 1. The van der Waals surface area contributed by atoms with Crippen LogP contribution < -0.4 is 4.74 Å². The number of rotatable bonds is 3. The van der Waals surface area contributed by atoms with E-state index in [-0.39, 0.29) is 0 Å². The van der Waals surface area contributed by atoms with Crippen molar-refractivity contribution in [2.75, 3.05) is 0 Å². The van der Waals surface area contributed by atoms with Crippen LogP contribution in [0, 0.1) is 0 Å². The molecule has 0 aliphatic rings. The van der Waals surface area contributed by atoms with Crippen LogP contribution in [0.15, 0.2) is 48.7 Å². The smallest absolute Gasteiger partial charge is 0.225 e. The molecule has 0 spiro atoms. The Morgan fingerprint density at radius 3 is 2.56 bits per heavy atom. The summed E-state index contributed by atoms with van der Waals surface area (Å²) in [4.78, 5) is 4.11. The molecule has 0 saturated carbocycles. The van der Waals surface area contributed by atoms with Crippen molar-refractivity contribution in [2.45, 2.75) is 13.0 Å². The number of hydrogen-bond donors (Lipinski definition) is 1. The standard InChI is InChI=1S/C13H13NO2/c1-10(15)12-8-5-9-14-13(12)16-11-6-3-2-4-7-11/h2-10,15H,1H3/t10-/m0/s1. The van der Waals surface area contributed by atoms with E-state index in [2.05, 4.69) is 4.98 Å². The van der Waals surface area contributed by atoms with Gasteiger partial charge in [-0.1, -0.05) is 18.2 Å². The van der Waals surface area contributed by atoms with Crippen LogP contribution in [0.2, 0.25) is 0 Å². The minimum absolute atomic E-state index is 0.448. The number of hydrogen-bond acceptors (Lipinski definition) is 3. The molecule has 2 aromatic rings. The Bertz CT molecular complexity index is 454. The van der Waals surface area contributed by atoms with Gasteiger partial charge in [0.1, 0.15) is 5.75 Å². The van der Waals surface area contributed by atoms with Crippen LogP contribution in [0.1, 0.15) is 18.6 Å². The van der Waals surface area contributed by atoms with Crippen LogP contribution in [0.3, 0.4) is 0 Å². The van der Waals surface area contributed by atoms with Crippen molar-refractivity contribution in [2.24, 2.45) is 0 Å². The van der Waals surface area contributed by atoms with Gasteiger partial charge in [0.05, 0.1) is 6.10 Å². The molecule has 0 aliphatic carbocycles. The van der Waals surface area contributed by atoms with Gasteiger partial charge >= 0.3 is 0 Å². The van der Waals surface area contributed by atoms with Gasteiger partial charge in [-0.2, -0.15) is 0 Å². The summed E-state index contributed by atoms with van der Waals surface area (Å²) in [6, 6.07) is 13.0. The molecule has 0 unspecified atom stereocenters. The van der Waals surface area contributed by atoms with E-state index < -0.39 is 6.10 Å². The maximum Gasteiger partial charge on any atom is 0.225 e. The average molecular weight is 215 g/mol. The lowest BCUT2D eigenvalue weighted by atomic mass is 10.2. The van der Waals surface area contributed by atoms with Crippen LogP contribution in [0.4, 0.5) is 0 Å². The predicted molar refractivity (Wildman–Crippen MR) is 61.4 cm³/mol. The van der Waals surface area contributed by atoms with Crippen LogP contribution >= 0.6 is 0 Å². The summed E-state index contributed by atoms with van der Waals surface area (Å²) >= 11 is 0. The first-order chi connectivity index (χ1) is 7.77.